The van der Waals surface area contributed by atoms with Crippen molar-refractivity contribution >= 4 is 21.6 Å². The Morgan fingerprint density at radius 3 is 2.73 bits per heavy atom. The molecule has 0 saturated carbocycles. The molecule has 1 saturated heterocycles. The lowest BCUT2D eigenvalue weighted by molar-refractivity contribution is 0.122. The summed E-state index contributed by atoms with van der Waals surface area (Å²) >= 11 is 0. The van der Waals surface area contributed by atoms with Crippen LogP contribution >= 0.6 is 0 Å². The van der Waals surface area contributed by atoms with Crippen molar-refractivity contribution in [3.05, 3.63) is 23.8 Å². The highest BCUT2D eigenvalue weighted by Crippen LogP contribution is 2.33. The molecule has 0 aliphatic carbocycles. The molecular formula is C15H23N3O3S. The van der Waals surface area contributed by atoms with Crippen LogP contribution in [0.25, 0.3) is 0 Å². The molecule has 2 aliphatic rings. The highest BCUT2D eigenvalue weighted by molar-refractivity contribution is 7.90. The summed E-state index contributed by atoms with van der Waals surface area (Å²) in [4.78, 5) is 2.29. The minimum Gasteiger partial charge on any atom is -0.378 e. The van der Waals surface area contributed by atoms with Gasteiger partial charge in [-0.2, -0.15) is 13.1 Å². The molecule has 1 N–H and O–H groups in total. The number of anilines is 2. The highest BCUT2D eigenvalue weighted by Gasteiger charge is 2.29. The van der Waals surface area contributed by atoms with Gasteiger partial charge in [0.15, 0.2) is 0 Å². The topological polar surface area (TPSA) is 61.9 Å². The second-order valence-electron chi connectivity index (χ2n) is 5.63. The molecule has 3 rings (SSSR count). The van der Waals surface area contributed by atoms with Crippen LogP contribution in [0.15, 0.2) is 18.2 Å². The number of ether oxygens (including phenoxy) is 1. The van der Waals surface area contributed by atoms with E-state index in [1.54, 1.807) is 0 Å². The Morgan fingerprint density at radius 1 is 1.23 bits per heavy atom. The molecule has 7 heteroatoms. The van der Waals surface area contributed by atoms with Gasteiger partial charge in [-0.25, -0.2) is 0 Å². The molecule has 0 amide bonds. The van der Waals surface area contributed by atoms with Crippen molar-refractivity contribution in [3.63, 3.8) is 0 Å². The number of rotatable bonds is 5. The first-order valence-electron chi connectivity index (χ1n) is 7.85. The molecule has 122 valence electrons. The van der Waals surface area contributed by atoms with Gasteiger partial charge < -0.3 is 9.64 Å². The van der Waals surface area contributed by atoms with Crippen molar-refractivity contribution in [3.8, 4) is 0 Å². The maximum Gasteiger partial charge on any atom is 0.301 e. The fourth-order valence-corrected chi connectivity index (χ4v) is 4.32. The van der Waals surface area contributed by atoms with Crippen LogP contribution in [0.5, 0.6) is 0 Å². The molecule has 0 aromatic heterocycles. The summed E-state index contributed by atoms with van der Waals surface area (Å²) in [5.41, 5.74) is 3.06. The monoisotopic (exact) mass is 325 g/mol. The van der Waals surface area contributed by atoms with E-state index in [1.165, 1.54) is 4.31 Å². The third-order valence-electron chi connectivity index (χ3n) is 4.12. The molecule has 1 fully saturated rings. The molecule has 22 heavy (non-hydrogen) atoms. The zero-order chi connectivity index (χ0) is 15.6. The molecule has 6 nitrogen and oxygen atoms in total. The largest absolute Gasteiger partial charge is 0.378 e. The summed E-state index contributed by atoms with van der Waals surface area (Å²) in [6, 6.07) is 6.06. The Bertz CT molecular complexity index is 627. The Kier molecular flexibility index (Phi) is 4.56. The number of benzene rings is 1. The van der Waals surface area contributed by atoms with E-state index in [0.29, 0.717) is 13.1 Å². The fraction of sp³-hybridized carbons (Fsp3) is 0.600. The van der Waals surface area contributed by atoms with Crippen LogP contribution in [-0.2, 0) is 21.4 Å². The summed E-state index contributed by atoms with van der Waals surface area (Å²) in [6.45, 7) is 6.21. The van der Waals surface area contributed by atoms with Crippen molar-refractivity contribution in [2.24, 2.45) is 0 Å². The predicted octanol–water partition coefficient (Wildman–Crippen LogP) is 1.13. The van der Waals surface area contributed by atoms with E-state index in [9.17, 15) is 8.42 Å². The van der Waals surface area contributed by atoms with Gasteiger partial charge in [0, 0.05) is 31.9 Å². The molecule has 2 aliphatic heterocycles. The zero-order valence-electron chi connectivity index (χ0n) is 12.9. The standard InChI is InChI=1S/C15H23N3O3S/c1-2-6-16-22(19,20)18-7-5-13-12-14(3-4-15(13)18)17-8-10-21-11-9-17/h3-4,12,16H,2,5-11H2,1H3. The van der Waals surface area contributed by atoms with E-state index in [0.717, 1.165) is 56.1 Å². The predicted molar refractivity (Wildman–Crippen MR) is 87.7 cm³/mol. The average molecular weight is 325 g/mol. The van der Waals surface area contributed by atoms with Crippen LogP contribution < -0.4 is 13.9 Å². The number of hydrogen-bond acceptors (Lipinski definition) is 4. The van der Waals surface area contributed by atoms with Gasteiger partial charge >= 0.3 is 10.2 Å². The van der Waals surface area contributed by atoms with E-state index in [1.807, 2.05) is 19.1 Å². The third-order valence-corrected chi connectivity index (χ3v) is 5.65. The van der Waals surface area contributed by atoms with Crippen molar-refractivity contribution in [2.75, 3.05) is 48.6 Å². The van der Waals surface area contributed by atoms with E-state index >= 15 is 0 Å². The number of morpholine rings is 1. The Balaban J connectivity index is 1.80. The van der Waals surface area contributed by atoms with Gasteiger partial charge in [0.25, 0.3) is 0 Å². The second-order valence-corrected chi connectivity index (χ2v) is 7.31. The molecule has 0 bridgehead atoms. The van der Waals surface area contributed by atoms with Crippen molar-refractivity contribution < 1.29 is 13.2 Å². The molecule has 0 spiro atoms. The number of nitrogens with one attached hydrogen (secondary N) is 1. The number of nitrogens with zero attached hydrogens (tertiary/aromatic N) is 2. The van der Waals surface area contributed by atoms with Gasteiger partial charge in [0.05, 0.1) is 18.9 Å². The van der Waals surface area contributed by atoms with Gasteiger partial charge in [-0.05, 0) is 36.6 Å². The number of fused-ring (bicyclic) bond motifs is 1. The molecule has 1 aromatic carbocycles. The first-order valence-corrected chi connectivity index (χ1v) is 9.29. The summed E-state index contributed by atoms with van der Waals surface area (Å²) in [5.74, 6) is 0. The molecule has 0 atom stereocenters. The minimum absolute atomic E-state index is 0.472. The molecule has 0 radical (unpaired) electrons. The lowest BCUT2D eigenvalue weighted by atomic mass is 10.1. The normalized spacial score (nSPS) is 18.6. The van der Waals surface area contributed by atoms with Crippen molar-refractivity contribution in [1.29, 1.82) is 0 Å². The van der Waals surface area contributed by atoms with Gasteiger partial charge in [-0.3, -0.25) is 4.31 Å². The SMILES string of the molecule is CCCNS(=O)(=O)N1CCc2cc(N3CCOCC3)ccc21. The van der Waals surface area contributed by atoms with E-state index in [2.05, 4.69) is 15.7 Å². The van der Waals surface area contributed by atoms with Crippen LogP contribution in [0.3, 0.4) is 0 Å². The lowest BCUT2D eigenvalue weighted by Crippen LogP contribution is -2.40. The summed E-state index contributed by atoms with van der Waals surface area (Å²) < 4.78 is 34.2. The van der Waals surface area contributed by atoms with Gasteiger partial charge in [0.1, 0.15) is 0 Å². The van der Waals surface area contributed by atoms with Crippen LogP contribution in [0.1, 0.15) is 18.9 Å². The molecule has 1 aromatic rings. The maximum atomic E-state index is 12.3. The summed E-state index contributed by atoms with van der Waals surface area (Å²) in [6.07, 6.45) is 1.55. The highest BCUT2D eigenvalue weighted by atomic mass is 32.2. The first kappa shape index (κ1) is 15.6. The minimum atomic E-state index is -3.42. The molecular weight excluding hydrogens is 302 g/mol. The quantitative estimate of drug-likeness (QED) is 0.881. The summed E-state index contributed by atoms with van der Waals surface area (Å²) in [5, 5.41) is 0. The second kappa shape index (κ2) is 6.44. The average Bonchev–Trinajstić information content (AvgIpc) is 2.98. The Morgan fingerprint density at radius 2 is 2.00 bits per heavy atom. The Labute approximate surface area is 132 Å². The van der Waals surface area contributed by atoms with Gasteiger partial charge in [-0.1, -0.05) is 6.92 Å². The van der Waals surface area contributed by atoms with Gasteiger partial charge in [-0.15, -0.1) is 0 Å². The molecule has 0 unspecified atom stereocenters. The fourth-order valence-electron chi connectivity index (χ4n) is 2.93. The van der Waals surface area contributed by atoms with E-state index < -0.39 is 10.2 Å². The van der Waals surface area contributed by atoms with E-state index in [4.69, 9.17) is 4.74 Å². The van der Waals surface area contributed by atoms with Crippen LogP contribution in [-0.4, -0.2) is 47.8 Å². The first-order chi connectivity index (χ1) is 10.6. The van der Waals surface area contributed by atoms with E-state index in [-0.39, 0.29) is 0 Å². The van der Waals surface area contributed by atoms with Crippen molar-refractivity contribution in [1.82, 2.24) is 4.72 Å². The zero-order valence-corrected chi connectivity index (χ0v) is 13.7. The molecule has 2 heterocycles. The Hall–Kier alpha value is -1.31. The number of hydrogen-bond donors (Lipinski definition) is 1. The maximum absolute atomic E-state index is 12.3. The van der Waals surface area contributed by atoms with Gasteiger partial charge in [0.2, 0.25) is 0 Å². The smallest absolute Gasteiger partial charge is 0.301 e. The van der Waals surface area contributed by atoms with Crippen LogP contribution in [0.2, 0.25) is 0 Å². The van der Waals surface area contributed by atoms with Crippen LogP contribution in [0, 0.1) is 0 Å². The lowest BCUT2D eigenvalue weighted by Gasteiger charge is -2.29. The third kappa shape index (κ3) is 3.06. The summed E-state index contributed by atoms with van der Waals surface area (Å²) in [7, 11) is -3.42. The van der Waals surface area contributed by atoms with Crippen LogP contribution in [0.4, 0.5) is 11.4 Å². The van der Waals surface area contributed by atoms with Crippen molar-refractivity contribution in [2.45, 2.75) is 19.8 Å².